The van der Waals surface area contributed by atoms with Gasteiger partial charge >= 0.3 is 12.1 Å². The van der Waals surface area contributed by atoms with Crippen molar-refractivity contribution in [2.24, 2.45) is 0 Å². The van der Waals surface area contributed by atoms with Crippen LogP contribution in [0.3, 0.4) is 0 Å². The van der Waals surface area contributed by atoms with Crippen LogP contribution in [0.5, 0.6) is 0 Å². The lowest BCUT2D eigenvalue weighted by Crippen LogP contribution is -2.49. The van der Waals surface area contributed by atoms with Gasteiger partial charge < -0.3 is 14.4 Å². The van der Waals surface area contributed by atoms with Gasteiger partial charge in [0.05, 0.1) is 10.5 Å². The molecule has 0 atom stereocenters. The maximum Gasteiger partial charge on any atom is 0.471 e. The summed E-state index contributed by atoms with van der Waals surface area (Å²) in [5.41, 5.74) is 3.10. The molecule has 0 aliphatic carbocycles. The number of nitrogens with zero attached hydrogens (tertiary/aromatic N) is 6. The van der Waals surface area contributed by atoms with Gasteiger partial charge in [-0.05, 0) is 46.8 Å². The van der Waals surface area contributed by atoms with Gasteiger partial charge in [-0.25, -0.2) is 18.4 Å². The van der Waals surface area contributed by atoms with E-state index >= 15 is 0 Å². The molecule has 4 heterocycles. The number of rotatable bonds is 5. The first-order valence-electron chi connectivity index (χ1n) is 11.8. The summed E-state index contributed by atoms with van der Waals surface area (Å²) in [6, 6.07) is 14.8. The Bertz CT molecular complexity index is 1730. The number of hydrogen-bond donors (Lipinski definition) is 1. The first-order valence-corrected chi connectivity index (χ1v) is 13.3. The fourth-order valence-corrected chi connectivity index (χ4v) is 5.81. The van der Waals surface area contributed by atoms with Crippen molar-refractivity contribution in [3.63, 3.8) is 0 Å². The molecule has 0 bridgehead atoms. The van der Waals surface area contributed by atoms with Crippen molar-refractivity contribution in [3.05, 3.63) is 73.0 Å². The third-order valence-corrected chi connectivity index (χ3v) is 8.38. The zero-order chi connectivity index (χ0) is 27.2. The summed E-state index contributed by atoms with van der Waals surface area (Å²) in [7, 11) is -3.70. The van der Waals surface area contributed by atoms with E-state index in [9.17, 15) is 21.6 Å². The van der Waals surface area contributed by atoms with E-state index in [-0.39, 0.29) is 29.4 Å². The Morgan fingerprint density at radius 2 is 1.56 bits per heavy atom. The Hall–Kier alpha value is -4.30. The number of alkyl halides is 3. The number of sulfonamides is 1. The summed E-state index contributed by atoms with van der Waals surface area (Å²) < 4.78 is 70.2. The lowest BCUT2D eigenvalue weighted by Gasteiger charge is -2.34. The second-order valence-electron chi connectivity index (χ2n) is 8.89. The number of aromatic nitrogens is 5. The molecule has 3 aromatic heterocycles. The number of halogens is 3. The Balaban J connectivity index is 1.11. The summed E-state index contributed by atoms with van der Waals surface area (Å²) in [6.07, 6.45) is -0.277. The predicted octanol–water partition coefficient (Wildman–Crippen LogP) is 4.20. The highest BCUT2D eigenvalue weighted by Gasteiger charge is 2.38. The standard InChI is InChI=1S/C25H20F3N7O3S/c26-25(27,28)23-32-22(33-38-23)19-14-30-24(31-15-19)34-9-11-35(12-10-34)39(36,37)20-4-1-16(2-5-20)17-3-6-21-18(13-17)7-8-29-21/h1-8,13-15,29H,9-12H2. The number of fused-ring (bicyclic) bond motifs is 1. The van der Waals surface area contributed by atoms with Crippen LogP contribution >= 0.6 is 0 Å². The van der Waals surface area contributed by atoms with Gasteiger partial charge in [0.2, 0.25) is 21.8 Å². The quantitative estimate of drug-likeness (QED) is 0.343. The number of hydrogen-bond acceptors (Lipinski definition) is 8. The molecule has 1 saturated heterocycles. The highest BCUT2D eigenvalue weighted by molar-refractivity contribution is 7.89. The van der Waals surface area contributed by atoms with Gasteiger partial charge in [-0.1, -0.05) is 23.4 Å². The molecule has 0 radical (unpaired) electrons. The van der Waals surface area contributed by atoms with Gasteiger partial charge in [-0.15, -0.1) is 0 Å². The fourth-order valence-electron chi connectivity index (χ4n) is 4.39. The van der Waals surface area contributed by atoms with Gasteiger partial charge in [-0.2, -0.15) is 22.5 Å². The van der Waals surface area contributed by atoms with Crippen LogP contribution < -0.4 is 4.90 Å². The molecule has 1 fully saturated rings. The average molecular weight is 556 g/mol. The summed E-state index contributed by atoms with van der Waals surface area (Å²) >= 11 is 0. The van der Waals surface area contributed by atoms with Crippen LogP contribution in [0, 0.1) is 0 Å². The molecule has 5 aromatic rings. The van der Waals surface area contributed by atoms with Gasteiger partial charge in [0.25, 0.3) is 0 Å². The number of anilines is 1. The summed E-state index contributed by atoms with van der Waals surface area (Å²) in [4.78, 5) is 16.9. The molecular weight excluding hydrogens is 535 g/mol. The largest absolute Gasteiger partial charge is 0.471 e. The highest BCUT2D eigenvalue weighted by Crippen LogP contribution is 2.30. The molecule has 0 saturated carbocycles. The van der Waals surface area contributed by atoms with Crippen LogP contribution in [0.25, 0.3) is 33.4 Å². The first-order chi connectivity index (χ1) is 18.7. The topological polar surface area (TPSA) is 121 Å². The normalized spacial score (nSPS) is 15.2. The lowest BCUT2D eigenvalue weighted by molar-refractivity contribution is -0.159. The molecule has 6 rings (SSSR count). The van der Waals surface area contributed by atoms with Crippen LogP contribution in [0.4, 0.5) is 19.1 Å². The Morgan fingerprint density at radius 3 is 2.23 bits per heavy atom. The maximum atomic E-state index is 13.3. The van der Waals surface area contributed by atoms with Crippen molar-refractivity contribution in [3.8, 4) is 22.5 Å². The second kappa shape index (κ2) is 9.47. The van der Waals surface area contributed by atoms with Gasteiger partial charge in [0.15, 0.2) is 0 Å². The van der Waals surface area contributed by atoms with Crippen LogP contribution in [0.1, 0.15) is 5.89 Å². The Morgan fingerprint density at radius 1 is 0.872 bits per heavy atom. The molecule has 2 aromatic carbocycles. The van der Waals surface area contributed by atoms with Crippen molar-refractivity contribution in [2.45, 2.75) is 11.1 Å². The summed E-state index contributed by atoms with van der Waals surface area (Å²) in [6.45, 7) is 1.12. The van der Waals surface area contributed by atoms with Crippen LogP contribution in [0.15, 0.2) is 76.5 Å². The molecule has 1 aliphatic rings. The molecule has 0 amide bonds. The number of aromatic amines is 1. The molecule has 0 unspecified atom stereocenters. The van der Waals surface area contributed by atoms with Crippen molar-refractivity contribution in [1.29, 1.82) is 0 Å². The number of piperazine rings is 1. The first kappa shape index (κ1) is 25.0. The molecule has 1 N–H and O–H groups in total. The molecule has 14 heteroatoms. The highest BCUT2D eigenvalue weighted by atomic mass is 32.2. The maximum absolute atomic E-state index is 13.3. The van der Waals surface area contributed by atoms with Crippen molar-refractivity contribution < 1.29 is 26.1 Å². The Labute approximate surface area is 220 Å². The predicted molar refractivity (Wildman–Crippen MR) is 135 cm³/mol. The van der Waals surface area contributed by atoms with Gasteiger partial charge in [-0.3, -0.25) is 0 Å². The molecule has 10 nitrogen and oxygen atoms in total. The van der Waals surface area contributed by atoms with E-state index in [1.54, 1.807) is 29.2 Å². The molecule has 1 aliphatic heterocycles. The van der Waals surface area contributed by atoms with Crippen LogP contribution in [-0.2, 0) is 16.2 Å². The van der Waals surface area contributed by atoms with E-state index in [0.29, 0.717) is 19.0 Å². The van der Waals surface area contributed by atoms with Gasteiger partial charge in [0.1, 0.15) is 0 Å². The Kier molecular flexibility index (Phi) is 6.07. The smallest absolute Gasteiger partial charge is 0.361 e. The zero-order valence-electron chi connectivity index (χ0n) is 20.1. The third kappa shape index (κ3) is 4.83. The molecule has 200 valence electrons. The molecule has 0 spiro atoms. The van der Waals surface area contributed by atoms with Crippen LogP contribution in [0.2, 0.25) is 0 Å². The molecule has 39 heavy (non-hydrogen) atoms. The second-order valence-corrected chi connectivity index (χ2v) is 10.8. The lowest BCUT2D eigenvalue weighted by atomic mass is 10.0. The van der Waals surface area contributed by atoms with E-state index in [1.165, 1.54) is 16.7 Å². The SMILES string of the molecule is O=S(=O)(c1ccc(-c2ccc3[nH]ccc3c2)cc1)N1CCN(c2ncc(-c3noc(C(F)(F)F)n3)cn2)CC1. The van der Waals surface area contributed by atoms with Gasteiger partial charge in [0, 0.05) is 50.3 Å². The van der Waals surface area contributed by atoms with E-state index in [2.05, 4.69) is 29.6 Å². The van der Waals surface area contributed by atoms with E-state index in [4.69, 9.17) is 0 Å². The summed E-state index contributed by atoms with van der Waals surface area (Å²) in [5.74, 6) is -1.41. The van der Waals surface area contributed by atoms with Crippen molar-refractivity contribution in [1.82, 2.24) is 29.4 Å². The van der Waals surface area contributed by atoms with E-state index in [0.717, 1.165) is 22.0 Å². The van der Waals surface area contributed by atoms with Crippen molar-refractivity contribution in [2.75, 3.05) is 31.1 Å². The van der Waals surface area contributed by atoms with Crippen molar-refractivity contribution >= 4 is 26.9 Å². The third-order valence-electron chi connectivity index (χ3n) is 6.47. The summed E-state index contributed by atoms with van der Waals surface area (Å²) in [5, 5.41) is 4.39. The number of H-pyrrole nitrogens is 1. The minimum atomic E-state index is -4.74. The number of benzene rings is 2. The van der Waals surface area contributed by atoms with Crippen LogP contribution in [-0.4, -0.2) is 64.0 Å². The average Bonchev–Trinajstić information content (AvgIpc) is 3.63. The number of nitrogens with one attached hydrogen (secondary N) is 1. The zero-order valence-corrected chi connectivity index (χ0v) is 20.9. The minimum Gasteiger partial charge on any atom is -0.361 e. The monoisotopic (exact) mass is 555 g/mol. The van der Waals surface area contributed by atoms with E-state index in [1.807, 2.05) is 30.5 Å². The van der Waals surface area contributed by atoms with E-state index < -0.39 is 22.1 Å². The minimum absolute atomic E-state index is 0.163. The fraction of sp³-hybridized carbons (Fsp3) is 0.200. The molecular formula is C25H20F3N7O3S.